The number of rotatable bonds is 8. The van der Waals surface area contributed by atoms with Crippen LogP contribution in [0, 0.1) is 6.92 Å². The monoisotopic (exact) mass is 364 g/mol. The molecule has 0 aromatic heterocycles. The van der Waals surface area contributed by atoms with Gasteiger partial charge in [-0.25, -0.2) is 8.42 Å². The topological polar surface area (TPSA) is 105 Å². The maximum atomic E-state index is 12.4. The van der Waals surface area contributed by atoms with E-state index in [2.05, 4.69) is 10.0 Å². The van der Waals surface area contributed by atoms with Gasteiger partial charge in [-0.15, -0.1) is 0 Å². The minimum atomic E-state index is -3.71. The number of aliphatic hydroxyl groups excluding tert-OH is 1. The number of benzene rings is 2. The molecule has 7 nitrogen and oxygen atoms in total. The molecule has 0 fully saturated rings. The summed E-state index contributed by atoms with van der Waals surface area (Å²) in [6.07, 6.45) is 0. The van der Waals surface area contributed by atoms with Gasteiger partial charge in [0.2, 0.25) is 0 Å². The average Bonchev–Trinajstić information content (AvgIpc) is 2.60. The fourth-order valence-corrected chi connectivity index (χ4v) is 3.13. The minimum absolute atomic E-state index is 0.0906. The highest BCUT2D eigenvalue weighted by Crippen LogP contribution is 2.21. The second-order valence-electron chi connectivity index (χ2n) is 5.25. The van der Waals surface area contributed by atoms with Crippen LogP contribution in [0.3, 0.4) is 0 Å². The first-order valence-electron chi connectivity index (χ1n) is 7.61. The van der Waals surface area contributed by atoms with Gasteiger partial charge in [-0.2, -0.15) is 0 Å². The molecule has 134 valence electrons. The van der Waals surface area contributed by atoms with Crippen LogP contribution in [0.25, 0.3) is 0 Å². The lowest BCUT2D eigenvalue weighted by Gasteiger charge is -2.11. The standard InChI is InChI=1S/C17H20N2O5S/c1-13-4-2-3-5-16(13)19-25(22,23)15-8-6-14(7-9-15)24-12-17(21)18-10-11-20/h2-9,19-20H,10-12H2,1H3,(H,18,21). The van der Waals surface area contributed by atoms with Crippen LogP contribution >= 0.6 is 0 Å². The van der Waals surface area contributed by atoms with E-state index >= 15 is 0 Å². The molecule has 0 spiro atoms. The van der Waals surface area contributed by atoms with Crippen LogP contribution in [-0.2, 0) is 14.8 Å². The summed E-state index contributed by atoms with van der Waals surface area (Å²) in [5, 5.41) is 11.1. The van der Waals surface area contributed by atoms with Crippen molar-refractivity contribution in [2.24, 2.45) is 0 Å². The van der Waals surface area contributed by atoms with Gasteiger partial charge in [0.1, 0.15) is 5.75 Å². The van der Waals surface area contributed by atoms with Crippen LogP contribution in [0.2, 0.25) is 0 Å². The number of para-hydroxylation sites is 1. The largest absolute Gasteiger partial charge is 0.484 e. The molecule has 25 heavy (non-hydrogen) atoms. The Morgan fingerprint density at radius 2 is 1.80 bits per heavy atom. The molecule has 0 unspecified atom stereocenters. The summed E-state index contributed by atoms with van der Waals surface area (Å²) in [6, 6.07) is 12.9. The predicted octanol–water partition coefficient (Wildman–Crippen LogP) is 1.28. The van der Waals surface area contributed by atoms with Crippen LogP contribution in [-0.4, -0.2) is 39.2 Å². The second-order valence-corrected chi connectivity index (χ2v) is 6.94. The maximum absolute atomic E-state index is 12.4. The zero-order chi connectivity index (χ0) is 18.3. The number of hydrogen-bond donors (Lipinski definition) is 3. The Labute approximate surface area is 146 Å². The molecule has 2 rings (SSSR count). The normalized spacial score (nSPS) is 11.0. The first kappa shape index (κ1) is 18.8. The summed E-state index contributed by atoms with van der Waals surface area (Å²) in [7, 11) is -3.71. The van der Waals surface area contributed by atoms with Crippen molar-refractivity contribution in [3.8, 4) is 5.75 Å². The van der Waals surface area contributed by atoms with Gasteiger partial charge in [-0.3, -0.25) is 9.52 Å². The Balaban J connectivity index is 2.01. The molecule has 0 aliphatic rings. The number of aryl methyl sites for hydroxylation is 1. The molecule has 8 heteroatoms. The first-order valence-corrected chi connectivity index (χ1v) is 9.09. The SMILES string of the molecule is Cc1ccccc1NS(=O)(=O)c1ccc(OCC(=O)NCCO)cc1. The molecule has 1 amide bonds. The van der Waals surface area contributed by atoms with Gasteiger partial charge in [0.05, 0.1) is 17.2 Å². The summed E-state index contributed by atoms with van der Waals surface area (Å²) < 4.78 is 32.6. The smallest absolute Gasteiger partial charge is 0.261 e. The van der Waals surface area contributed by atoms with E-state index < -0.39 is 10.0 Å². The molecule has 0 aliphatic heterocycles. The molecular formula is C17H20N2O5S. The number of carbonyl (C=O) groups excluding carboxylic acids is 1. The minimum Gasteiger partial charge on any atom is -0.484 e. The summed E-state index contributed by atoms with van der Waals surface area (Å²) in [5.41, 5.74) is 1.34. The number of aliphatic hydroxyl groups is 1. The lowest BCUT2D eigenvalue weighted by Crippen LogP contribution is -2.31. The fourth-order valence-electron chi connectivity index (χ4n) is 2.00. The van der Waals surface area contributed by atoms with Gasteiger partial charge in [0.25, 0.3) is 15.9 Å². The highest BCUT2D eigenvalue weighted by molar-refractivity contribution is 7.92. The quantitative estimate of drug-likeness (QED) is 0.655. The van der Waals surface area contributed by atoms with Crippen LogP contribution in [0.5, 0.6) is 5.75 Å². The molecule has 0 radical (unpaired) electrons. The highest BCUT2D eigenvalue weighted by atomic mass is 32.2. The molecule has 0 saturated carbocycles. The van der Waals surface area contributed by atoms with E-state index in [4.69, 9.17) is 9.84 Å². The Morgan fingerprint density at radius 1 is 1.12 bits per heavy atom. The predicted molar refractivity (Wildman–Crippen MR) is 94.0 cm³/mol. The first-order chi connectivity index (χ1) is 11.9. The van der Waals surface area contributed by atoms with Gasteiger partial charge in [0.15, 0.2) is 6.61 Å². The van der Waals surface area contributed by atoms with Crippen molar-refractivity contribution >= 4 is 21.6 Å². The van der Waals surface area contributed by atoms with Crippen molar-refractivity contribution in [2.45, 2.75) is 11.8 Å². The van der Waals surface area contributed by atoms with Gasteiger partial charge in [-0.1, -0.05) is 18.2 Å². The van der Waals surface area contributed by atoms with Gasteiger partial charge in [0, 0.05) is 6.54 Å². The molecule has 0 bridgehead atoms. The highest BCUT2D eigenvalue weighted by Gasteiger charge is 2.15. The molecule has 2 aromatic rings. The zero-order valence-electron chi connectivity index (χ0n) is 13.7. The van der Waals surface area contributed by atoms with E-state index in [1.807, 2.05) is 19.1 Å². The lowest BCUT2D eigenvalue weighted by molar-refractivity contribution is -0.123. The molecular weight excluding hydrogens is 344 g/mol. The Morgan fingerprint density at radius 3 is 2.44 bits per heavy atom. The number of anilines is 1. The van der Waals surface area contributed by atoms with E-state index in [-0.39, 0.29) is 30.6 Å². The van der Waals surface area contributed by atoms with Gasteiger partial charge < -0.3 is 15.2 Å². The van der Waals surface area contributed by atoms with Crippen molar-refractivity contribution in [3.05, 3.63) is 54.1 Å². The van der Waals surface area contributed by atoms with Crippen molar-refractivity contribution in [1.29, 1.82) is 0 Å². The molecule has 2 aromatic carbocycles. The van der Waals surface area contributed by atoms with Crippen molar-refractivity contribution < 1.29 is 23.1 Å². The summed E-state index contributed by atoms with van der Waals surface area (Å²) in [5.74, 6) is 0.000887. The third-order valence-electron chi connectivity index (χ3n) is 3.33. The Hall–Kier alpha value is -2.58. The van der Waals surface area contributed by atoms with Gasteiger partial charge in [-0.05, 0) is 42.8 Å². The van der Waals surface area contributed by atoms with Crippen LogP contribution in [0.15, 0.2) is 53.4 Å². The molecule has 0 aliphatic carbocycles. The molecule has 0 atom stereocenters. The van der Waals surface area contributed by atoms with Crippen LogP contribution in [0.1, 0.15) is 5.56 Å². The van der Waals surface area contributed by atoms with E-state index in [1.54, 1.807) is 12.1 Å². The number of ether oxygens (including phenoxy) is 1. The fraction of sp³-hybridized carbons (Fsp3) is 0.235. The number of sulfonamides is 1. The summed E-state index contributed by atoms with van der Waals surface area (Å²) in [4.78, 5) is 11.5. The van der Waals surface area contributed by atoms with E-state index in [0.717, 1.165) is 5.56 Å². The molecule has 3 N–H and O–H groups in total. The van der Waals surface area contributed by atoms with E-state index in [1.165, 1.54) is 24.3 Å². The maximum Gasteiger partial charge on any atom is 0.261 e. The van der Waals surface area contributed by atoms with Crippen LogP contribution < -0.4 is 14.8 Å². The van der Waals surface area contributed by atoms with E-state index in [0.29, 0.717) is 11.4 Å². The molecule has 0 heterocycles. The van der Waals surface area contributed by atoms with Gasteiger partial charge >= 0.3 is 0 Å². The average molecular weight is 364 g/mol. The van der Waals surface area contributed by atoms with E-state index in [9.17, 15) is 13.2 Å². The lowest BCUT2D eigenvalue weighted by atomic mass is 10.2. The summed E-state index contributed by atoms with van der Waals surface area (Å²) in [6.45, 7) is 1.61. The van der Waals surface area contributed by atoms with Crippen molar-refractivity contribution in [3.63, 3.8) is 0 Å². The molecule has 0 saturated heterocycles. The number of nitrogens with one attached hydrogen (secondary N) is 2. The zero-order valence-corrected chi connectivity index (χ0v) is 14.5. The third kappa shape index (κ3) is 5.47. The van der Waals surface area contributed by atoms with Crippen molar-refractivity contribution in [1.82, 2.24) is 5.32 Å². The second kappa shape index (κ2) is 8.50. The Bertz CT molecular complexity index is 819. The van der Waals surface area contributed by atoms with Crippen molar-refractivity contribution in [2.75, 3.05) is 24.5 Å². The Kier molecular flexibility index (Phi) is 6.37. The van der Waals surface area contributed by atoms with Crippen LogP contribution in [0.4, 0.5) is 5.69 Å². The summed E-state index contributed by atoms with van der Waals surface area (Å²) >= 11 is 0. The number of carbonyl (C=O) groups is 1. The number of amides is 1. The third-order valence-corrected chi connectivity index (χ3v) is 4.71. The number of hydrogen-bond acceptors (Lipinski definition) is 5.